The van der Waals surface area contributed by atoms with Gasteiger partial charge in [0, 0.05) is 13.0 Å². The smallest absolute Gasteiger partial charge is 0.233 e. The minimum absolute atomic E-state index is 0.0757. The van der Waals surface area contributed by atoms with Crippen molar-refractivity contribution in [2.24, 2.45) is 5.84 Å². The van der Waals surface area contributed by atoms with E-state index in [0.29, 0.717) is 12.5 Å². The van der Waals surface area contributed by atoms with Gasteiger partial charge in [0.2, 0.25) is 5.91 Å². The van der Waals surface area contributed by atoms with E-state index >= 15 is 0 Å². The van der Waals surface area contributed by atoms with Gasteiger partial charge in [-0.1, -0.05) is 25.7 Å². The van der Waals surface area contributed by atoms with Crippen LogP contribution in [0.1, 0.15) is 57.8 Å². The van der Waals surface area contributed by atoms with E-state index in [4.69, 9.17) is 10.6 Å². The van der Waals surface area contributed by atoms with Gasteiger partial charge in [0.05, 0.1) is 6.10 Å². The van der Waals surface area contributed by atoms with Gasteiger partial charge in [-0.2, -0.15) is 0 Å². The summed E-state index contributed by atoms with van der Waals surface area (Å²) in [6.45, 7) is 0.842. The van der Waals surface area contributed by atoms with Crippen LogP contribution in [0.4, 0.5) is 0 Å². The SMILES string of the molecule is NNC(=O)CCCCCOC1CCCCC1. The zero-order valence-electron chi connectivity index (χ0n) is 10.0. The van der Waals surface area contributed by atoms with E-state index in [1.54, 1.807) is 0 Å². The van der Waals surface area contributed by atoms with Gasteiger partial charge in [0.15, 0.2) is 0 Å². The van der Waals surface area contributed by atoms with Crippen molar-refractivity contribution in [2.75, 3.05) is 6.61 Å². The molecule has 0 aromatic heterocycles. The predicted octanol–water partition coefficient (Wildman–Crippen LogP) is 1.89. The third-order valence-electron chi connectivity index (χ3n) is 3.11. The van der Waals surface area contributed by atoms with E-state index in [-0.39, 0.29) is 5.91 Å². The molecule has 3 N–H and O–H groups in total. The second-order valence-corrected chi connectivity index (χ2v) is 4.51. The van der Waals surface area contributed by atoms with Crippen molar-refractivity contribution in [3.8, 4) is 0 Å². The summed E-state index contributed by atoms with van der Waals surface area (Å²) in [5.41, 5.74) is 2.14. The quantitative estimate of drug-likeness (QED) is 0.303. The summed E-state index contributed by atoms with van der Waals surface area (Å²) in [7, 11) is 0. The molecule has 0 aromatic carbocycles. The normalized spacial score (nSPS) is 17.3. The van der Waals surface area contributed by atoms with Crippen molar-refractivity contribution < 1.29 is 9.53 Å². The fraction of sp³-hybridized carbons (Fsp3) is 0.917. The Balaban J connectivity index is 1.85. The Bertz CT molecular complexity index is 191. The van der Waals surface area contributed by atoms with Crippen molar-refractivity contribution in [2.45, 2.75) is 63.9 Å². The van der Waals surface area contributed by atoms with Crippen LogP contribution in [0.3, 0.4) is 0 Å². The number of carbonyl (C=O) groups is 1. The average molecular weight is 228 g/mol. The highest BCUT2D eigenvalue weighted by Gasteiger charge is 2.12. The molecule has 1 aliphatic rings. The first-order chi connectivity index (χ1) is 7.83. The number of hydrazine groups is 1. The average Bonchev–Trinajstić information content (AvgIpc) is 2.34. The van der Waals surface area contributed by atoms with Crippen LogP contribution in [-0.2, 0) is 9.53 Å². The van der Waals surface area contributed by atoms with Gasteiger partial charge >= 0.3 is 0 Å². The maximum absolute atomic E-state index is 10.8. The summed E-state index contributed by atoms with van der Waals surface area (Å²) in [4.78, 5) is 10.8. The molecule has 0 aromatic rings. The minimum atomic E-state index is -0.0757. The number of hydrogen-bond donors (Lipinski definition) is 2. The lowest BCUT2D eigenvalue weighted by atomic mass is 9.98. The number of ether oxygens (including phenoxy) is 1. The van der Waals surface area contributed by atoms with Crippen LogP contribution in [0.5, 0.6) is 0 Å². The molecule has 1 aliphatic carbocycles. The lowest BCUT2D eigenvalue weighted by Crippen LogP contribution is -2.29. The molecule has 0 unspecified atom stereocenters. The molecule has 0 bridgehead atoms. The maximum Gasteiger partial charge on any atom is 0.233 e. The number of amides is 1. The van der Waals surface area contributed by atoms with E-state index in [1.807, 2.05) is 0 Å². The summed E-state index contributed by atoms with van der Waals surface area (Å²) in [5.74, 6) is 4.91. The van der Waals surface area contributed by atoms with E-state index in [2.05, 4.69) is 5.43 Å². The van der Waals surface area contributed by atoms with Crippen LogP contribution in [-0.4, -0.2) is 18.6 Å². The molecule has 0 radical (unpaired) electrons. The maximum atomic E-state index is 10.8. The van der Waals surface area contributed by atoms with Gasteiger partial charge in [-0.25, -0.2) is 5.84 Å². The molecule has 16 heavy (non-hydrogen) atoms. The highest BCUT2D eigenvalue weighted by atomic mass is 16.5. The summed E-state index contributed by atoms with van der Waals surface area (Å²) < 4.78 is 5.79. The lowest BCUT2D eigenvalue weighted by molar-refractivity contribution is -0.121. The van der Waals surface area contributed by atoms with E-state index in [9.17, 15) is 4.79 Å². The van der Waals surface area contributed by atoms with Crippen LogP contribution in [0.2, 0.25) is 0 Å². The predicted molar refractivity (Wildman–Crippen MR) is 63.6 cm³/mol. The van der Waals surface area contributed by atoms with Gasteiger partial charge in [-0.15, -0.1) is 0 Å². The van der Waals surface area contributed by atoms with Crippen molar-refractivity contribution in [1.29, 1.82) is 0 Å². The molecule has 0 spiro atoms. The summed E-state index contributed by atoms with van der Waals surface area (Å²) >= 11 is 0. The molecule has 0 aliphatic heterocycles. The molecular weight excluding hydrogens is 204 g/mol. The monoisotopic (exact) mass is 228 g/mol. The third kappa shape index (κ3) is 6.08. The van der Waals surface area contributed by atoms with Crippen molar-refractivity contribution in [3.05, 3.63) is 0 Å². The number of hydrogen-bond acceptors (Lipinski definition) is 3. The zero-order valence-corrected chi connectivity index (χ0v) is 10.0. The Kier molecular flexibility index (Phi) is 7.17. The van der Waals surface area contributed by atoms with Gasteiger partial charge in [0.25, 0.3) is 0 Å². The number of rotatable bonds is 7. The number of nitrogens with one attached hydrogen (secondary N) is 1. The Morgan fingerprint density at radius 2 is 1.94 bits per heavy atom. The number of nitrogens with two attached hydrogens (primary N) is 1. The highest BCUT2D eigenvalue weighted by molar-refractivity contribution is 5.74. The number of unbranched alkanes of at least 4 members (excludes halogenated alkanes) is 2. The van der Waals surface area contributed by atoms with Crippen LogP contribution < -0.4 is 11.3 Å². The first-order valence-corrected chi connectivity index (χ1v) is 6.44. The van der Waals surface area contributed by atoms with Crippen molar-refractivity contribution >= 4 is 5.91 Å². The molecule has 94 valence electrons. The molecule has 1 fully saturated rings. The fourth-order valence-corrected chi connectivity index (χ4v) is 2.12. The van der Waals surface area contributed by atoms with Gasteiger partial charge < -0.3 is 4.74 Å². The Labute approximate surface area is 97.9 Å². The summed E-state index contributed by atoms with van der Waals surface area (Å²) in [5, 5.41) is 0. The molecule has 1 saturated carbocycles. The summed E-state index contributed by atoms with van der Waals surface area (Å²) in [6, 6.07) is 0. The Morgan fingerprint density at radius 1 is 1.19 bits per heavy atom. The van der Waals surface area contributed by atoms with Crippen LogP contribution >= 0.6 is 0 Å². The van der Waals surface area contributed by atoms with E-state index in [0.717, 1.165) is 25.9 Å². The van der Waals surface area contributed by atoms with Gasteiger partial charge in [-0.05, 0) is 25.7 Å². The minimum Gasteiger partial charge on any atom is -0.378 e. The first-order valence-electron chi connectivity index (χ1n) is 6.44. The van der Waals surface area contributed by atoms with Gasteiger partial charge in [-0.3, -0.25) is 10.2 Å². The molecule has 1 amide bonds. The van der Waals surface area contributed by atoms with Crippen LogP contribution in [0.25, 0.3) is 0 Å². The zero-order chi connectivity index (χ0) is 11.6. The van der Waals surface area contributed by atoms with E-state index < -0.39 is 0 Å². The second kappa shape index (κ2) is 8.53. The van der Waals surface area contributed by atoms with Crippen LogP contribution in [0.15, 0.2) is 0 Å². The van der Waals surface area contributed by atoms with Gasteiger partial charge in [0.1, 0.15) is 0 Å². The Morgan fingerprint density at radius 3 is 2.62 bits per heavy atom. The molecule has 1 rings (SSSR count). The summed E-state index contributed by atoms with van der Waals surface area (Å²) in [6.07, 6.45) is 10.5. The van der Waals surface area contributed by atoms with Crippen molar-refractivity contribution in [1.82, 2.24) is 5.43 Å². The lowest BCUT2D eigenvalue weighted by Gasteiger charge is -2.21. The molecule has 0 saturated heterocycles. The third-order valence-corrected chi connectivity index (χ3v) is 3.11. The highest BCUT2D eigenvalue weighted by Crippen LogP contribution is 2.20. The fourth-order valence-electron chi connectivity index (χ4n) is 2.12. The molecule has 4 nitrogen and oxygen atoms in total. The molecule has 0 atom stereocenters. The first kappa shape index (κ1) is 13.5. The Hall–Kier alpha value is -0.610. The molecular formula is C12H24N2O2. The molecule has 0 heterocycles. The standard InChI is InChI=1S/C12H24N2O2/c13-14-12(15)9-5-2-6-10-16-11-7-3-1-4-8-11/h11H,1-10,13H2,(H,14,15). The number of carbonyl (C=O) groups excluding carboxylic acids is 1. The van der Waals surface area contributed by atoms with E-state index in [1.165, 1.54) is 32.1 Å². The topological polar surface area (TPSA) is 64.3 Å². The van der Waals surface area contributed by atoms with Crippen molar-refractivity contribution in [3.63, 3.8) is 0 Å². The second-order valence-electron chi connectivity index (χ2n) is 4.51. The molecule has 4 heteroatoms. The van der Waals surface area contributed by atoms with Crippen LogP contribution in [0, 0.1) is 0 Å². The largest absolute Gasteiger partial charge is 0.378 e.